The van der Waals surface area contributed by atoms with E-state index in [-0.39, 0.29) is 0 Å². The van der Waals surface area contributed by atoms with Crippen LogP contribution < -0.4 is 11.1 Å². The van der Waals surface area contributed by atoms with Crippen molar-refractivity contribution in [2.75, 3.05) is 7.11 Å². The fourth-order valence-electron chi connectivity index (χ4n) is 1.48. The first-order chi connectivity index (χ1) is 10.0. The van der Waals surface area contributed by atoms with E-state index >= 15 is 0 Å². The van der Waals surface area contributed by atoms with Crippen molar-refractivity contribution in [3.63, 3.8) is 0 Å². The number of ether oxygens (including phenoxy) is 1. The van der Waals surface area contributed by atoms with E-state index in [0.29, 0.717) is 22.2 Å². The number of H-pyrrole nitrogens is 1. The summed E-state index contributed by atoms with van der Waals surface area (Å²) in [5.74, 6) is -0.0141. The van der Waals surface area contributed by atoms with Crippen LogP contribution in [0.4, 0.5) is 0 Å². The van der Waals surface area contributed by atoms with Gasteiger partial charge in [-0.3, -0.25) is 24.4 Å². The molecule has 0 aliphatic heterocycles. The molecule has 0 aromatic carbocycles. The first-order valence-corrected chi connectivity index (χ1v) is 6.83. The van der Waals surface area contributed by atoms with Crippen LogP contribution in [0, 0.1) is 0 Å². The molecule has 0 spiro atoms. The molecule has 1 N–H and O–H groups in total. The lowest BCUT2D eigenvalue weighted by Gasteiger charge is -2.05. The van der Waals surface area contributed by atoms with Gasteiger partial charge in [-0.05, 0) is 12.1 Å². The van der Waals surface area contributed by atoms with Crippen molar-refractivity contribution in [3.8, 4) is 0 Å². The summed E-state index contributed by atoms with van der Waals surface area (Å²) < 4.78 is 5.95. The summed E-state index contributed by atoms with van der Waals surface area (Å²) in [5, 5.41) is 2.73. The molecule has 0 radical (unpaired) electrons. The van der Waals surface area contributed by atoms with Crippen molar-refractivity contribution in [3.05, 3.63) is 50.3 Å². The van der Waals surface area contributed by atoms with Crippen LogP contribution in [0.3, 0.4) is 0 Å². The average Bonchev–Trinajstić information content (AvgIpc) is 2.49. The number of thioether (sulfide) groups is 1. The molecule has 0 aliphatic rings. The maximum atomic E-state index is 11.3. The van der Waals surface area contributed by atoms with E-state index in [1.807, 2.05) is 0 Å². The number of aromatic nitrogens is 4. The zero-order chi connectivity index (χ0) is 15.4. The van der Waals surface area contributed by atoms with Crippen molar-refractivity contribution in [1.82, 2.24) is 19.7 Å². The Kier molecular flexibility index (Phi) is 4.53. The molecule has 110 valence electrons. The minimum absolute atomic E-state index is 0.362. The second-order valence-electron chi connectivity index (χ2n) is 4.02. The third kappa shape index (κ3) is 3.57. The van der Waals surface area contributed by atoms with Crippen molar-refractivity contribution < 1.29 is 9.53 Å². The number of aromatic amines is 1. The second kappa shape index (κ2) is 6.35. The second-order valence-corrected chi connectivity index (χ2v) is 4.96. The van der Waals surface area contributed by atoms with Crippen LogP contribution in [0.2, 0.25) is 0 Å². The summed E-state index contributed by atoms with van der Waals surface area (Å²) in [6.07, 6.45) is 1.42. The van der Waals surface area contributed by atoms with Gasteiger partial charge in [-0.1, -0.05) is 11.8 Å². The monoisotopic (exact) mass is 308 g/mol. The molecule has 0 fully saturated rings. The lowest BCUT2D eigenvalue weighted by molar-refractivity contribution is 0.0600. The number of nitrogens with zero attached hydrogens (tertiary/aromatic N) is 3. The number of rotatable bonds is 4. The first-order valence-electron chi connectivity index (χ1n) is 5.84. The van der Waals surface area contributed by atoms with Gasteiger partial charge in [-0.2, -0.15) is 4.98 Å². The van der Waals surface area contributed by atoms with E-state index in [1.54, 1.807) is 19.2 Å². The molecule has 2 rings (SSSR count). The highest BCUT2D eigenvalue weighted by Crippen LogP contribution is 2.17. The van der Waals surface area contributed by atoms with E-state index in [1.165, 1.54) is 29.8 Å². The standard InChI is InChI=1S/C12H12N4O4S/c1-16-12(14-9(17)10(18)15-16)21-6-8-4-3-7(5-13-8)11(19)20-2/h3-5H,6H2,1-2H3,(H,15,18). The number of methoxy groups -OCH3 is 1. The van der Waals surface area contributed by atoms with E-state index < -0.39 is 17.1 Å². The van der Waals surface area contributed by atoms with Gasteiger partial charge in [0.05, 0.1) is 18.4 Å². The molecule has 0 atom stereocenters. The zero-order valence-electron chi connectivity index (χ0n) is 11.3. The summed E-state index contributed by atoms with van der Waals surface area (Å²) in [4.78, 5) is 41.4. The van der Waals surface area contributed by atoms with Crippen LogP contribution in [0.15, 0.2) is 33.1 Å². The normalized spacial score (nSPS) is 10.4. The van der Waals surface area contributed by atoms with Crippen molar-refractivity contribution in [2.45, 2.75) is 10.9 Å². The fourth-order valence-corrected chi connectivity index (χ4v) is 2.31. The summed E-state index contributed by atoms with van der Waals surface area (Å²) >= 11 is 1.25. The molecule has 0 aliphatic carbocycles. The number of hydrogen-bond acceptors (Lipinski definition) is 7. The highest BCUT2D eigenvalue weighted by molar-refractivity contribution is 7.98. The SMILES string of the molecule is COC(=O)c1ccc(CSc2nc(=O)c(=O)[nH]n2C)nc1. The van der Waals surface area contributed by atoms with Crippen LogP contribution in [-0.4, -0.2) is 32.8 Å². The quantitative estimate of drug-likeness (QED) is 0.479. The predicted molar refractivity (Wildman–Crippen MR) is 75.2 cm³/mol. The third-order valence-corrected chi connectivity index (χ3v) is 3.61. The zero-order valence-corrected chi connectivity index (χ0v) is 12.1. The molecule has 0 unspecified atom stereocenters. The number of hydrogen-bond donors (Lipinski definition) is 1. The van der Waals surface area contributed by atoms with Gasteiger partial charge in [0.1, 0.15) is 0 Å². The summed E-state index contributed by atoms with van der Waals surface area (Å²) in [7, 11) is 2.89. The topological polar surface area (TPSA) is 107 Å². The van der Waals surface area contributed by atoms with Crippen molar-refractivity contribution in [2.24, 2.45) is 7.05 Å². The summed E-state index contributed by atoms with van der Waals surface area (Å²) in [5.41, 5.74) is -0.527. The van der Waals surface area contributed by atoms with Crippen LogP contribution in [0.25, 0.3) is 0 Å². The number of nitrogens with one attached hydrogen (secondary N) is 1. The molecule has 0 saturated carbocycles. The molecule has 0 bridgehead atoms. The van der Waals surface area contributed by atoms with Gasteiger partial charge in [-0.15, -0.1) is 0 Å². The van der Waals surface area contributed by atoms with Gasteiger partial charge in [-0.25, -0.2) is 4.79 Å². The van der Waals surface area contributed by atoms with Crippen LogP contribution in [-0.2, 0) is 17.5 Å². The number of pyridine rings is 1. The molecule has 2 heterocycles. The molecule has 9 heteroatoms. The Bertz CT molecular complexity index is 766. The maximum Gasteiger partial charge on any atom is 0.339 e. The van der Waals surface area contributed by atoms with Crippen LogP contribution in [0.1, 0.15) is 16.1 Å². The molecule has 8 nitrogen and oxygen atoms in total. The van der Waals surface area contributed by atoms with Gasteiger partial charge in [0.25, 0.3) is 0 Å². The highest BCUT2D eigenvalue weighted by Gasteiger charge is 2.08. The predicted octanol–water partition coefficient (Wildman–Crippen LogP) is -0.0575. The Balaban J connectivity index is 2.10. The molecular weight excluding hydrogens is 296 g/mol. The Morgan fingerprint density at radius 3 is 2.81 bits per heavy atom. The van der Waals surface area contributed by atoms with Crippen LogP contribution in [0.5, 0.6) is 0 Å². The Hall–Kier alpha value is -2.42. The van der Waals surface area contributed by atoms with Gasteiger partial charge < -0.3 is 4.74 Å². The molecule has 0 saturated heterocycles. The fraction of sp³-hybridized carbons (Fsp3) is 0.250. The van der Waals surface area contributed by atoms with Gasteiger partial charge in [0.2, 0.25) is 0 Å². The van der Waals surface area contributed by atoms with Crippen molar-refractivity contribution in [1.29, 1.82) is 0 Å². The lowest BCUT2D eigenvalue weighted by Crippen LogP contribution is -2.33. The smallest absolute Gasteiger partial charge is 0.339 e. The number of carbonyl (C=O) groups excluding carboxylic acids is 1. The molecule has 21 heavy (non-hydrogen) atoms. The first kappa shape index (κ1) is 15.0. The van der Waals surface area contributed by atoms with E-state index in [2.05, 4.69) is 19.8 Å². The number of aryl methyl sites for hydroxylation is 1. The molecule has 2 aromatic heterocycles. The Labute approximate surface area is 123 Å². The van der Waals surface area contributed by atoms with Crippen LogP contribution >= 0.6 is 11.8 Å². The Morgan fingerprint density at radius 2 is 2.19 bits per heavy atom. The van der Waals surface area contributed by atoms with Gasteiger partial charge in [0.15, 0.2) is 5.16 Å². The van der Waals surface area contributed by atoms with E-state index in [9.17, 15) is 14.4 Å². The molecular formula is C12H12N4O4S. The minimum atomic E-state index is -0.829. The van der Waals surface area contributed by atoms with E-state index in [0.717, 1.165) is 0 Å². The Morgan fingerprint density at radius 1 is 1.43 bits per heavy atom. The number of esters is 1. The minimum Gasteiger partial charge on any atom is -0.465 e. The molecule has 2 aromatic rings. The highest BCUT2D eigenvalue weighted by atomic mass is 32.2. The maximum absolute atomic E-state index is 11.3. The number of carbonyl (C=O) groups is 1. The van der Waals surface area contributed by atoms with E-state index in [4.69, 9.17) is 0 Å². The van der Waals surface area contributed by atoms with Gasteiger partial charge >= 0.3 is 17.1 Å². The van der Waals surface area contributed by atoms with Gasteiger partial charge in [0, 0.05) is 19.0 Å². The van der Waals surface area contributed by atoms with Crippen molar-refractivity contribution >= 4 is 17.7 Å². The summed E-state index contributed by atoms with van der Waals surface area (Å²) in [6.45, 7) is 0. The third-order valence-electron chi connectivity index (χ3n) is 2.54. The molecule has 0 amide bonds. The average molecular weight is 308 g/mol. The summed E-state index contributed by atoms with van der Waals surface area (Å²) in [6, 6.07) is 3.29. The largest absolute Gasteiger partial charge is 0.465 e. The lowest BCUT2D eigenvalue weighted by atomic mass is 10.2.